The third-order valence-electron chi connectivity index (χ3n) is 4.14. The van der Waals surface area contributed by atoms with Crippen molar-refractivity contribution in [2.24, 2.45) is 0 Å². The number of hydrogen-bond donors (Lipinski definition) is 3. The van der Waals surface area contributed by atoms with Gasteiger partial charge in [0.2, 0.25) is 5.91 Å². The first-order chi connectivity index (χ1) is 12.1. The highest BCUT2D eigenvalue weighted by atomic mass is 35.5. The number of anilines is 2. The Balaban J connectivity index is 0.00000243. The minimum atomic E-state index is -0.317. The van der Waals surface area contributed by atoms with Gasteiger partial charge in [-0.05, 0) is 49.7 Å². The van der Waals surface area contributed by atoms with Crippen molar-refractivity contribution in [3.05, 3.63) is 59.1 Å². The van der Waals surface area contributed by atoms with Crippen molar-refractivity contribution in [1.82, 2.24) is 5.32 Å². The van der Waals surface area contributed by atoms with E-state index in [1.165, 1.54) is 0 Å². The average Bonchev–Trinajstić information content (AvgIpc) is 2.64. The molecule has 1 aliphatic rings. The van der Waals surface area contributed by atoms with Crippen LogP contribution in [0, 0.1) is 0 Å². The van der Waals surface area contributed by atoms with Crippen LogP contribution in [0.4, 0.5) is 11.4 Å². The van der Waals surface area contributed by atoms with Crippen LogP contribution in [0.3, 0.4) is 0 Å². The number of carbonyl (C=O) groups is 2. The van der Waals surface area contributed by atoms with Crippen LogP contribution in [-0.2, 0) is 4.79 Å². The first kappa shape index (κ1) is 20.2. The van der Waals surface area contributed by atoms with Gasteiger partial charge in [-0.1, -0.05) is 36.2 Å². The molecule has 0 bridgehead atoms. The van der Waals surface area contributed by atoms with Gasteiger partial charge >= 0.3 is 0 Å². The van der Waals surface area contributed by atoms with E-state index in [0.717, 1.165) is 25.8 Å². The highest BCUT2D eigenvalue weighted by Gasteiger charge is 2.21. The summed E-state index contributed by atoms with van der Waals surface area (Å²) in [6, 6.07) is 13.9. The van der Waals surface area contributed by atoms with Crippen LogP contribution in [0.5, 0.6) is 0 Å². The van der Waals surface area contributed by atoms with Crippen molar-refractivity contribution in [3.63, 3.8) is 0 Å². The molecule has 1 saturated heterocycles. The average molecular weight is 394 g/mol. The zero-order valence-electron chi connectivity index (χ0n) is 14.1. The molecular weight excluding hydrogens is 373 g/mol. The molecule has 0 aromatic heterocycles. The molecule has 1 fully saturated rings. The molecule has 2 aromatic carbocycles. The Bertz CT molecular complexity index is 763. The number of carbonyl (C=O) groups excluding carboxylic acids is 2. The van der Waals surface area contributed by atoms with E-state index in [2.05, 4.69) is 16.0 Å². The van der Waals surface area contributed by atoms with Crippen LogP contribution in [0.25, 0.3) is 0 Å². The molecule has 26 heavy (non-hydrogen) atoms. The van der Waals surface area contributed by atoms with Gasteiger partial charge in [0.1, 0.15) is 0 Å². The molecule has 3 N–H and O–H groups in total. The van der Waals surface area contributed by atoms with E-state index in [9.17, 15) is 9.59 Å². The number of nitrogens with one attached hydrogen (secondary N) is 3. The zero-order chi connectivity index (χ0) is 17.6. The van der Waals surface area contributed by atoms with Crippen molar-refractivity contribution in [2.75, 3.05) is 17.2 Å². The molecule has 0 saturated carbocycles. The van der Waals surface area contributed by atoms with Gasteiger partial charge in [-0.3, -0.25) is 9.59 Å². The number of rotatable bonds is 4. The van der Waals surface area contributed by atoms with Crippen molar-refractivity contribution in [2.45, 2.75) is 25.3 Å². The van der Waals surface area contributed by atoms with Gasteiger partial charge in [0.25, 0.3) is 5.91 Å². The summed E-state index contributed by atoms with van der Waals surface area (Å²) in [5.41, 5.74) is 1.56. The number of benzene rings is 2. The highest BCUT2D eigenvalue weighted by molar-refractivity contribution is 6.34. The fourth-order valence-corrected chi connectivity index (χ4v) is 3.01. The Labute approximate surface area is 163 Å². The third kappa shape index (κ3) is 5.21. The number of hydrogen-bond acceptors (Lipinski definition) is 3. The quantitative estimate of drug-likeness (QED) is 0.732. The van der Waals surface area contributed by atoms with Gasteiger partial charge in [-0.25, -0.2) is 0 Å². The Hall–Kier alpha value is -2.08. The summed E-state index contributed by atoms with van der Waals surface area (Å²) >= 11 is 6.16. The molecule has 2 amide bonds. The van der Waals surface area contributed by atoms with Gasteiger partial charge < -0.3 is 16.0 Å². The molecule has 1 unspecified atom stereocenters. The molecule has 0 spiro atoms. The van der Waals surface area contributed by atoms with Crippen molar-refractivity contribution < 1.29 is 9.59 Å². The monoisotopic (exact) mass is 393 g/mol. The summed E-state index contributed by atoms with van der Waals surface area (Å²) in [5, 5.41) is 9.19. The topological polar surface area (TPSA) is 70.2 Å². The predicted octanol–water partition coefficient (Wildman–Crippen LogP) is 4.09. The molecule has 0 aliphatic carbocycles. The van der Waals surface area contributed by atoms with Crippen LogP contribution < -0.4 is 16.0 Å². The van der Waals surface area contributed by atoms with Gasteiger partial charge in [0.15, 0.2) is 0 Å². The van der Waals surface area contributed by atoms with Crippen LogP contribution in [0.15, 0.2) is 48.5 Å². The summed E-state index contributed by atoms with van der Waals surface area (Å²) in [5.74, 6) is -0.403. The number of piperidine rings is 1. The lowest BCUT2D eigenvalue weighted by Crippen LogP contribution is -2.43. The molecule has 1 heterocycles. The van der Waals surface area contributed by atoms with Crippen molar-refractivity contribution in [3.8, 4) is 0 Å². The van der Waals surface area contributed by atoms with E-state index in [-0.39, 0.29) is 30.3 Å². The summed E-state index contributed by atoms with van der Waals surface area (Å²) in [6.45, 7) is 0.851. The summed E-state index contributed by atoms with van der Waals surface area (Å²) in [4.78, 5) is 24.8. The van der Waals surface area contributed by atoms with E-state index in [4.69, 9.17) is 11.6 Å². The van der Waals surface area contributed by atoms with Gasteiger partial charge in [0, 0.05) is 11.4 Å². The number of amides is 2. The highest BCUT2D eigenvalue weighted by Crippen LogP contribution is 2.22. The van der Waals surface area contributed by atoms with E-state index in [1.54, 1.807) is 30.3 Å². The Kier molecular flexibility index (Phi) is 7.45. The predicted molar refractivity (Wildman–Crippen MR) is 107 cm³/mol. The van der Waals surface area contributed by atoms with Crippen molar-refractivity contribution in [1.29, 1.82) is 0 Å². The van der Waals surface area contributed by atoms with Crippen LogP contribution in [0.2, 0.25) is 5.02 Å². The summed E-state index contributed by atoms with van der Waals surface area (Å²) < 4.78 is 0. The zero-order valence-corrected chi connectivity index (χ0v) is 15.7. The number of halogens is 2. The number of para-hydroxylation sites is 1. The second-order valence-corrected chi connectivity index (χ2v) is 6.41. The van der Waals surface area contributed by atoms with Crippen molar-refractivity contribution >= 4 is 47.2 Å². The summed E-state index contributed by atoms with van der Waals surface area (Å²) in [7, 11) is 0. The normalized spacial score (nSPS) is 16.3. The maximum atomic E-state index is 12.5. The minimum absolute atomic E-state index is 0. The standard InChI is InChI=1S/C19H20ClN3O2.ClH/c20-16-10-9-14(23-19(25)17-8-4-5-11-21-17)12-15(16)18(24)22-13-6-2-1-3-7-13;/h1-3,6-7,9-10,12,17,21H,4-5,8,11H2,(H,22,24)(H,23,25);1H. The molecule has 5 nitrogen and oxygen atoms in total. The fourth-order valence-electron chi connectivity index (χ4n) is 2.80. The SMILES string of the molecule is Cl.O=C(Nc1ccccc1)c1cc(NC(=O)C2CCCCN2)ccc1Cl. The van der Waals surface area contributed by atoms with E-state index in [0.29, 0.717) is 22.0 Å². The fraction of sp³-hybridized carbons (Fsp3) is 0.263. The molecule has 0 radical (unpaired) electrons. The Morgan fingerprint density at radius 3 is 2.46 bits per heavy atom. The first-order valence-electron chi connectivity index (χ1n) is 8.34. The molecule has 1 atom stereocenters. The van der Waals surface area contributed by atoms with Gasteiger partial charge in [0.05, 0.1) is 16.6 Å². The molecule has 1 aliphatic heterocycles. The second-order valence-electron chi connectivity index (χ2n) is 6.01. The second kappa shape index (κ2) is 9.57. The lowest BCUT2D eigenvalue weighted by molar-refractivity contribution is -0.118. The Morgan fingerprint density at radius 2 is 1.77 bits per heavy atom. The molecule has 2 aromatic rings. The Morgan fingerprint density at radius 1 is 1.00 bits per heavy atom. The van der Waals surface area contributed by atoms with E-state index in [1.807, 2.05) is 18.2 Å². The van der Waals surface area contributed by atoms with Crippen LogP contribution in [0.1, 0.15) is 29.6 Å². The lowest BCUT2D eigenvalue weighted by Gasteiger charge is -2.22. The summed E-state index contributed by atoms with van der Waals surface area (Å²) in [6.07, 6.45) is 2.95. The molecule has 138 valence electrons. The maximum Gasteiger partial charge on any atom is 0.257 e. The van der Waals surface area contributed by atoms with Gasteiger partial charge in [-0.2, -0.15) is 0 Å². The third-order valence-corrected chi connectivity index (χ3v) is 4.47. The van der Waals surface area contributed by atoms with E-state index < -0.39 is 0 Å². The molecule has 3 rings (SSSR count). The van der Waals surface area contributed by atoms with Crippen LogP contribution in [-0.4, -0.2) is 24.4 Å². The lowest BCUT2D eigenvalue weighted by atomic mass is 10.0. The van der Waals surface area contributed by atoms with Gasteiger partial charge in [-0.15, -0.1) is 12.4 Å². The van der Waals surface area contributed by atoms with E-state index >= 15 is 0 Å². The smallest absolute Gasteiger partial charge is 0.257 e. The largest absolute Gasteiger partial charge is 0.325 e. The first-order valence-corrected chi connectivity index (χ1v) is 8.71. The molecule has 7 heteroatoms. The maximum absolute atomic E-state index is 12.5. The minimum Gasteiger partial charge on any atom is -0.325 e. The molecular formula is C19H21Cl2N3O2. The van der Waals surface area contributed by atoms with Crippen LogP contribution >= 0.6 is 24.0 Å².